The Bertz CT molecular complexity index is 3530. The Labute approximate surface area is 394 Å². The van der Waals surface area contributed by atoms with Crippen LogP contribution in [-0.2, 0) is 11.2 Å². The minimum Gasteiger partial charge on any atom is -0.376 e. The first-order chi connectivity index (χ1) is 31.5. The summed E-state index contributed by atoms with van der Waals surface area (Å²) in [4.78, 5) is 24.4. The highest BCUT2D eigenvalue weighted by Crippen LogP contribution is 2.54. The van der Waals surface area contributed by atoms with Gasteiger partial charge in [-0.3, -0.25) is 9.59 Å². The molecule has 0 saturated heterocycles. The Morgan fingerprint density at radius 2 is 0.723 bits per heavy atom. The van der Waals surface area contributed by atoms with Crippen LogP contribution in [0.5, 0.6) is 0 Å². The molecule has 0 aromatic heterocycles. The van der Waals surface area contributed by atoms with Crippen molar-refractivity contribution in [2.24, 2.45) is 0 Å². The van der Waals surface area contributed by atoms with Crippen molar-refractivity contribution in [3.05, 3.63) is 282 Å². The van der Waals surface area contributed by atoms with Gasteiger partial charge in [-0.25, -0.2) is 0 Å². The van der Waals surface area contributed by atoms with Gasteiger partial charge < -0.3 is 10.2 Å². The predicted molar refractivity (Wildman–Crippen MR) is 266 cm³/mol. The number of ketones is 2. The zero-order valence-electron chi connectivity index (χ0n) is 34.6. The molecule has 10 aromatic rings. The molecule has 2 unspecified atom stereocenters. The third-order valence-electron chi connectivity index (χ3n) is 12.4. The molecule has 0 radical (unpaired) electrons. The standard InChI is InChI=1S/C34H23ClO2.C14H7ClO2.C10H7Br/c35-28-17-18-31-32(21-28)34(37,27-16-14-23-8-2-4-10-25(23)20-27)30-12-6-5-11-29(30)33(31,36)26-15-13-22-7-1-3-9-24(22)19-26;15-8-5-6-11-12(7-8)14(17)10-4-2-1-3-9(10)13(11)16;11-10-6-5-8-3-1-2-4-9(8)7-10/h1-21,36-37H;1-7H;1-7H. The number of carbonyl (C=O) groups is 2. The normalized spacial score (nSPS) is 16.9. The maximum Gasteiger partial charge on any atom is 0.194 e. The minimum absolute atomic E-state index is 0.119. The first kappa shape index (κ1) is 42.3. The van der Waals surface area contributed by atoms with Gasteiger partial charge in [-0.2, -0.15) is 0 Å². The van der Waals surface area contributed by atoms with Gasteiger partial charge in [0.25, 0.3) is 0 Å². The lowest BCUT2D eigenvalue weighted by molar-refractivity contribution is 0.0749. The Morgan fingerprint density at radius 1 is 0.338 bits per heavy atom. The van der Waals surface area contributed by atoms with Crippen LogP contribution in [0.15, 0.2) is 217 Å². The molecular weight excluding hydrogens is 911 g/mol. The maximum absolute atomic E-state index is 12.7. The molecule has 2 aliphatic carbocycles. The van der Waals surface area contributed by atoms with Gasteiger partial charge in [-0.15, -0.1) is 0 Å². The predicted octanol–water partition coefficient (Wildman–Crippen LogP) is 14.2. The van der Waals surface area contributed by atoms with Crippen molar-refractivity contribution in [2.75, 3.05) is 0 Å². The van der Waals surface area contributed by atoms with Crippen molar-refractivity contribution in [1.82, 2.24) is 0 Å². The zero-order valence-corrected chi connectivity index (χ0v) is 37.6. The van der Waals surface area contributed by atoms with Crippen molar-refractivity contribution < 1.29 is 19.8 Å². The van der Waals surface area contributed by atoms with Gasteiger partial charge >= 0.3 is 0 Å². The summed E-state index contributed by atoms with van der Waals surface area (Å²) in [5, 5.41) is 33.2. The van der Waals surface area contributed by atoms with Crippen LogP contribution in [0.3, 0.4) is 0 Å². The fourth-order valence-electron chi connectivity index (χ4n) is 9.22. The summed E-state index contributed by atoms with van der Waals surface area (Å²) in [6.45, 7) is 0. The number of fused-ring (bicyclic) bond motifs is 7. The van der Waals surface area contributed by atoms with E-state index in [1.165, 1.54) is 10.8 Å². The Hall–Kier alpha value is -6.70. The largest absolute Gasteiger partial charge is 0.376 e. The van der Waals surface area contributed by atoms with Crippen LogP contribution in [0, 0.1) is 0 Å². The van der Waals surface area contributed by atoms with E-state index in [1.807, 2.05) is 103 Å². The van der Waals surface area contributed by atoms with Crippen LogP contribution in [0.4, 0.5) is 0 Å². The first-order valence-corrected chi connectivity index (χ1v) is 22.5. The highest BCUT2D eigenvalue weighted by atomic mass is 79.9. The van der Waals surface area contributed by atoms with Gasteiger partial charge in [0.1, 0.15) is 11.2 Å². The van der Waals surface area contributed by atoms with Crippen molar-refractivity contribution in [3.8, 4) is 0 Å². The van der Waals surface area contributed by atoms with Crippen LogP contribution < -0.4 is 0 Å². The van der Waals surface area contributed by atoms with Crippen molar-refractivity contribution in [2.45, 2.75) is 11.2 Å². The van der Waals surface area contributed by atoms with E-state index < -0.39 is 11.2 Å². The lowest BCUT2D eigenvalue weighted by Gasteiger charge is -2.45. The molecule has 2 atom stereocenters. The second-order valence-electron chi connectivity index (χ2n) is 16.2. The third kappa shape index (κ3) is 7.46. The highest BCUT2D eigenvalue weighted by Gasteiger charge is 2.51. The van der Waals surface area contributed by atoms with E-state index in [-0.39, 0.29) is 11.6 Å². The minimum atomic E-state index is -1.51. The fourth-order valence-corrected chi connectivity index (χ4v) is 9.94. The molecule has 2 aliphatic rings. The first-order valence-electron chi connectivity index (χ1n) is 21.0. The molecule has 314 valence electrons. The monoisotopic (exact) mass is 946 g/mol. The molecule has 0 saturated carbocycles. The molecule has 4 nitrogen and oxygen atoms in total. The van der Waals surface area contributed by atoms with Gasteiger partial charge in [-0.1, -0.05) is 197 Å². The van der Waals surface area contributed by atoms with E-state index in [0.29, 0.717) is 54.6 Å². The molecule has 0 fully saturated rings. The molecule has 0 bridgehead atoms. The Balaban J connectivity index is 0.000000145. The third-order valence-corrected chi connectivity index (χ3v) is 13.4. The quantitative estimate of drug-likeness (QED) is 0.181. The number of carbonyl (C=O) groups excluding carboxylic acids is 2. The summed E-state index contributed by atoms with van der Waals surface area (Å²) >= 11 is 15.8. The molecule has 2 N–H and O–H groups in total. The molecular formula is C58H37BrCl2O4. The number of hydrogen-bond donors (Lipinski definition) is 2. The van der Waals surface area contributed by atoms with Gasteiger partial charge in [0, 0.05) is 42.3 Å². The fraction of sp³-hybridized carbons (Fsp3) is 0.0345. The van der Waals surface area contributed by atoms with Crippen LogP contribution >= 0.6 is 39.1 Å². The number of aliphatic hydroxyl groups is 2. The van der Waals surface area contributed by atoms with E-state index in [0.717, 1.165) is 37.1 Å². The SMILES string of the molecule is Brc1ccc2ccccc2c1.O=C1c2ccccc2C(=O)c2cc(Cl)ccc21.OC1(c2ccc3ccccc3c2)c2ccccc2C(O)(c2ccc3ccccc3c2)c2cc(Cl)ccc21. The van der Waals surface area contributed by atoms with Gasteiger partial charge in [0.05, 0.1) is 0 Å². The summed E-state index contributed by atoms with van der Waals surface area (Å²) in [7, 11) is 0. The molecule has 7 heteroatoms. The topological polar surface area (TPSA) is 74.6 Å². The van der Waals surface area contributed by atoms with Gasteiger partial charge in [0.2, 0.25) is 0 Å². The molecule has 12 rings (SSSR count). The average Bonchev–Trinajstić information content (AvgIpc) is 3.35. The lowest BCUT2D eigenvalue weighted by Crippen LogP contribution is -2.44. The van der Waals surface area contributed by atoms with Crippen molar-refractivity contribution >= 4 is 83.0 Å². The highest BCUT2D eigenvalue weighted by molar-refractivity contribution is 9.10. The summed E-state index contributed by atoms with van der Waals surface area (Å²) < 4.78 is 1.14. The second-order valence-corrected chi connectivity index (χ2v) is 18.0. The number of halogens is 3. The van der Waals surface area contributed by atoms with Crippen LogP contribution in [0.2, 0.25) is 10.0 Å². The van der Waals surface area contributed by atoms with E-state index >= 15 is 0 Å². The number of benzene rings is 10. The van der Waals surface area contributed by atoms with Crippen molar-refractivity contribution in [3.63, 3.8) is 0 Å². The van der Waals surface area contributed by atoms with E-state index in [2.05, 4.69) is 70.5 Å². The lowest BCUT2D eigenvalue weighted by atomic mass is 9.63. The summed E-state index contributed by atoms with van der Waals surface area (Å²) in [6.07, 6.45) is 0. The molecule has 0 heterocycles. The number of rotatable bonds is 2. The summed E-state index contributed by atoms with van der Waals surface area (Å²) in [6, 6.07) is 67.5. The second kappa shape index (κ2) is 17.0. The van der Waals surface area contributed by atoms with Crippen LogP contribution in [0.1, 0.15) is 65.2 Å². The Kier molecular flexibility index (Phi) is 11.1. The van der Waals surface area contributed by atoms with Gasteiger partial charge in [-0.05, 0) is 115 Å². The molecule has 10 aromatic carbocycles. The molecule has 0 spiro atoms. The molecule has 65 heavy (non-hydrogen) atoms. The van der Waals surface area contributed by atoms with Crippen molar-refractivity contribution in [1.29, 1.82) is 0 Å². The zero-order chi connectivity index (χ0) is 44.9. The summed E-state index contributed by atoms with van der Waals surface area (Å²) in [5.74, 6) is -0.260. The number of hydrogen-bond acceptors (Lipinski definition) is 4. The maximum atomic E-state index is 12.7. The van der Waals surface area contributed by atoms with Crippen LogP contribution in [0.25, 0.3) is 32.3 Å². The summed E-state index contributed by atoms with van der Waals surface area (Å²) in [5.41, 5.74) is 2.68. The molecule has 0 amide bonds. The average molecular weight is 949 g/mol. The van der Waals surface area contributed by atoms with E-state index in [1.54, 1.807) is 54.6 Å². The van der Waals surface area contributed by atoms with Crippen LogP contribution in [-0.4, -0.2) is 21.8 Å². The Morgan fingerprint density at radius 3 is 1.28 bits per heavy atom. The van der Waals surface area contributed by atoms with E-state index in [9.17, 15) is 19.8 Å². The van der Waals surface area contributed by atoms with E-state index in [4.69, 9.17) is 23.2 Å². The smallest absolute Gasteiger partial charge is 0.194 e. The van der Waals surface area contributed by atoms with Gasteiger partial charge in [0.15, 0.2) is 11.6 Å². The molecule has 0 aliphatic heterocycles.